The molecule has 0 bridgehead atoms. The first-order valence-corrected chi connectivity index (χ1v) is 3.78. The lowest BCUT2D eigenvalue weighted by molar-refractivity contribution is 0.333. The summed E-state index contributed by atoms with van der Waals surface area (Å²) in [6, 6.07) is 0.466. The number of hydrogen-bond donors (Lipinski definition) is 2. The molecule has 10 heavy (non-hydrogen) atoms. The largest absolute Gasteiger partial charge is 0.330 e. The predicted molar refractivity (Wildman–Crippen MR) is 46.2 cm³/mol. The van der Waals surface area contributed by atoms with Gasteiger partial charge in [0, 0.05) is 6.04 Å². The van der Waals surface area contributed by atoms with E-state index in [2.05, 4.69) is 0 Å². The van der Waals surface area contributed by atoms with Crippen LogP contribution in [0.3, 0.4) is 0 Å². The Bertz CT molecular complexity index is 79.7. The average molecular weight is 165 g/mol. The highest BCUT2D eigenvalue weighted by molar-refractivity contribution is 5.85. The fourth-order valence-electron chi connectivity index (χ4n) is 1.42. The fourth-order valence-corrected chi connectivity index (χ4v) is 1.42. The van der Waals surface area contributed by atoms with Gasteiger partial charge in [0.2, 0.25) is 0 Å². The van der Waals surface area contributed by atoms with Crippen LogP contribution in [0.15, 0.2) is 0 Å². The van der Waals surface area contributed by atoms with E-state index in [0.29, 0.717) is 6.04 Å². The van der Waals surface area contributed by atoms with E-state index in [1.165, 1.54) is 25.7 Å². The van der Waals surface area contributed by atoms with Crippen molar-refractivity contribution in [2.45, 2.75) is 31.7 Å². The summed E-state index contributed by atoms with van der Waals surface area (Å²) >= 11 is 0. The third-order valence-corrected chi connectivity index (χ3v) is 2.22. The van der Waals surface area contributed by atoms with Crippen LogP contribution in [0.1, 0.15) is 25.7 Å². The topological polar surface area (TPSA) is 52.0 Å². The average Bonchev–Trinajstić information content (AvgIpc) is 1.90. The number of rotatable bonds is 1. The molecular formula is C7H17ClN2. The lowest BCUT2D eigenvalue weighted by atomic mass is 9.87. The van der Waals surface area contributed by atoms with Gasteiger partial charge in [0.1, 0.15) is 0 Å². The van der Waals surface area contributed by atoms with E-state index in [4.69, 9.17) is 11.5 Å². The maximum Gasteiger partial charge on any atom is 0.00390 e. The molecule has 62 valence electrons. The van der Waals surface area contributed by atoms with Crippen molar-refractivity contribution >= 4 is 12.4 Å². The Hall–Kier alpha value is 0.210. The fraction of sp³-hybridized carbons (Fsp3) is 1.00. The second-order valence-corrected chi connectivity index (χ2v) is 3.02. The van der Waals surface area contributed by atoms with Gasteiger partial charge in [-0.05, 0) is 38.1 Å². The van der Waals surface area contributed by atoms with Crippen LogP contribution in [-0.4, -0.2) is 12.6 Å². The van der Waals surface area contributed by atoms with Gasteiger partial charge in [-0.2, -0.15) is 0 Å². The Morgan fingerprint density at radius 2 is 1.60 bits per heavy atom. The van der Waals surface area contributed by atoms with E-state index in [9.17, 15) is 0 Å². The van der Waals surface area contributed by atoms with Crippen LogP contribution in [-0.2, 0) is 0 Å². The van der Waals surface area contributed by atoms with Crippen molar-refractivity contribution in [1.29, 1.82) is 0 Å². The molecule has 1 rings (SSSR count). The van der Waals surface area contributed by atoms with E-state index >= 15 is 0 Å². The van der Waals surface area contributed by atoms with Crippen molar-refractivity contribution in [3.63, 3.8) is 0 Å². The molecule has 0 aromatic heterocycles. The van der Waals surface area contributed by atoms with Crippen LogP contribution in [0.2, 0.25) is 0 Å². The van der Waals surface area contributed by atoms with Crippen LogP contribution < -0.4 is 11.5 Å². The molecule has 1 saturated carbocycles. The highest BCUT2D eigenvalue weighted by Crippen LogP contribution is 2.21. The summed E-state index contributed by atoms with van der Waals surface area (Å²) in [6.45, 7) is 0.854. The monoisotopic (exact) mass is 164 g/mol. The Balaban J connectivity index is 0.000000810. The molecule has 0 radical (unpaired) electrons. The molecule has 3 heteroatoms. The molecular weight excluding hydrogens is 148 g/mol. The summed E-state index contributed by atoms with van der Waals surface area (Å²) in [5, 5.41) is 0. The second kappa shape index (κ2) is 4.94. The van der Waals surface area contributed by atoms with Gasteiger partial charge < -0.3 is 11.5 Å². The van der Waals surface area contributed by atoms with Gasteiger partial charge in [0.25, 0.3) is 0 Å². The Morgan fingerprint density at radius 1 is 1.10 bits per heavy atom. The molecule has 0 amide bonds. The zero-order valence-electron chi connectivity index (χ0n) is 6.25. The molecule has 0 atom stereocenters. The van der Waals surface area contributed by atoms with Gasteiger partial charge in [-0.1, -0.05) is 0 Å². The SMILES string of the molecule is Cl.NCC1CCC(N)CC1. The minimum Gasteiger partial charge on any atom is -0.330 e. The van der Waals surface area contributed by atoms with Gasteiger partial charge in [-0.3, -0.25) is 0 Å². The number of halogens is 1. The minimum absolute atomic E-state index is 0. The van der Waals surface area contributed by atoms with Crippen LogP contribution in [0.4, 0.5) is 0 Å². The summed E-state index contributed by atoms with van der Waals surface area (Å²) in [5.74, 6) is 0.768. The molecule has 0 unspecified atom stereocenters. The molecule has 0 aromatic carbocycles. The third kappa shape index (κ3) is 2.86. The molecule has 0 aromatic rings. The van der Waals surface area contributed by atoms with Crippen molar-refractivity contribution in [1.82, 2.24) is 0 Å². The van der Waals surface area contributed by atoms with E-state index in [1.807, 2.05) is 0 Å². The lowest BCUT2D eigenvalue weighted by Crippen LogP contribution is -2.29. The Kier molecular flexibility index (Phi) is 5.04. The molecule has 0 spiro atoms. The summed E-state index contributed by atoms with van der Waals surface area (Å²) in [4.78, 5) is 0. The predicted octanol–water partition coefficient (Wildman–Crippen LogP) is 0.884. The van der Waals surface area contributed by atoms with Crippen molar-refractivity contribution in [3.05, 3.63) is 0 Å². The summed E-state index contributed by atoms with van der Waals surface area (Å²) in [5.41, 5.74) is 11.2. The van der Waals surface area contributed by atoms with Crippen LogP contribution in [0, 0.1) is 5.92 Å². The minimum atomic E-state index is 0. The van der Waals surface area contributed by atoms with Crippen LogP contribution in [0.25, 0.3) is 0 Å². The maximum atomic E-state index is 5.71. The zero-order valence-corrected chi connectivity index (χ0v) is 7.07. The summed E-state index contributed by atoms with van der Waals surface area (Å²) in [6.07, 6.45) is 4.86. The molecule has 0 heterocycles. The Labute approximate surface area is 68.8 Å². The van der Waals surface area contributed by atoms with Gasteiger partial charge in [-0.15, -0.1) is 12.4 Å². The third-order valence-electron chi connectivity index (χ3n) is 2.22. The first-order valence-electron chi connectivity index (χ1n) is 3.78. The Morgan fingerprint density at radius 3 is 2.00 bits per heavy atom. The normalized spacial score (nSPS) is 33.0. The summed E-state index contributed by atoms with van der Waals surface area (Å²) in [7, 11) is 0. The van der Waals surface area contributed by atoms with Crippen molar-refractivity contribution in [2.75, 3.05) is 6.54 Å². The van der Waals surface area contributed by atoms with Gasteiger partial charge in [0.15, 0.2) is 0 Å². The molecule has 4 N–H and O–H groups in total. The first-order chi connectivity index (χ1) is 4.33. The lowest BCUT2D eigenvalue weighted by Gasteiger charge is -2.24. The first kappa shape index (κ1) is 10.2. The van der Waals surface area contributed by atoms with Crippen molar-refractivity contribution in [3.8, 4) is 0 Å². The summed E-state index contributed by atoms with van der Waals surface area (Å²) < 4.78 is 0. The van der Waals surface area contributed by atoms with Gasteiger partial charge in [0.05, 0.1) is 0 Å². The van der Waals surface area contributed by atoms with Crippen molar-refractivity contribution in [2.24, 2.45) is 17.4 Å². The van der Waals surface area contributed by atoms with E-state index in [-0.39, 0.29) is 12.4 Å². The van der Waals surface area contributed by atoms with Crippen LogP contribution >= 0.6 is 12.4 Å². The number of nitrogens with two attached hydrogens (primary N) is 2. The maximum absolute atomic E-state index is 5.71. The van der Waals surface area contributed by atoms with Gasteiger partial charge >= 0.3 is 0 Å². The zero-order chi connectivity index (χ0) is 6.69. The number of hydrogen-bond acceptors (Lipinski definition) is 2. The standard InChI is InChI=1S/C7H16N2.ClH/c8-5-6-1-3-7(9)4-2-6;/h6-7H,1-5,8-9H2;1H. The molecule has 0 aliphatic heterocycles. The van der Waals surface area contributed by atoms with E-state index in [1.54, 1.807) is 0 Å². The highest BCUT2D eigenvalue weighted by atomic mass is 35.5. The molecule has 1 aliphatic carbocycles. The molecule has 1 fully saturated rings. The molecule has 1 aliphatic rings. The quantitative estimate of drug-likeness (QED) is 0.605. The van der Waals surface area contributed by atoms with Crippen LogP contribution in [0.5, 0.6) is 0 Å². The molecule has 2 nitrogen and oxygen atoms in total. The molecule has 0 saturated heterocycles. The smallest absolute Gasteiger partial charge is 0.00390 e. The van der Waals surface area contributed by atoms with E-state index in [0.717, 1.165) is 12.5 Å². The van der Waals surface area contributed by atoms with Crippen molar-refractivity contribution < 1.29 is 0 Å². The van der Waals surface area contributed by atoms with E-state index < -0.39 is 0 Å². The van der Waals surface area contributed by atoms with Gasteiger partial charge in [-0.25, -0.2) is 0 Å². The second-order valence-electron chi connectivity index (χ2n) is 3.02. The highest BCUT2D eigenvalue weighted by Gasteiger charge is 2.16.